The highest BCUT2D eigenvalue weighted by atomic mass is 16.7. The van der Waals surface area contributed by atoms with E-state index in [2.05, 4.69) is 0 Å². The molecule has 2 amide bonds. The number of fused-ring (bicyclic) bond motifs is 1. The lowest BCUT2D eigenvalue weighted by Gasteiger charge is -2.29. The number of imide groups is 1. The normalized spacial score (nSPS) is 23.6. The topological polar surface area (TPSA) is 59.1 Å². The van der Waals surface area contributed by atoms with Gasteiger partial charge >= 0.3 is 0 Å². The van der Waals surface area contributed by atoms with E-state index in [0.29, 0.717) is 6.54 Å². The predicted molar refractivity (Wildman–Crippen MR) is 109 cm³/mol. The lowest BCUT2D eigenvalue weighted by atomic mass is 9.90. The van der Waals surface area contributed by atoms with Crippen LogP contribution in [0.15, 0.2) is 48.5 Å². The molecule has 152 valence electrons. The number of benzene rings is 2. The van der Waals surface area contributed by atoms with E-state index in [1.165, 1.54) is 4.90 Å². The highest BCUT2D eigenvalue weighted by Gasteiger charge is 2.59. The average molecular weight is 394 g/mol. The fourth-order valence-corrected chi connectivity index (χ4v) is 4.17. The van der Waals surface area contributed by atoms with Crippen LogP contribution in [0, 0.1) is 12.8 Å². The van der Waals surface area contributed by atoms with Gasteiger partial charge in [-0.3, -0.25) is 19.3 Å². The second-order valence-electron chi connectivity index (χ2n) is 7.56. The summed E-state index contributed by atoms with van der Waals surface area (Å²) in [5.41, 5.74) is 2.80. The number of ether oxygens (including phenoxy) is 1. The Morgan fingerprint density at radius 1 is 1.03 bits per heavy atom. The van der Waals surface area contributed by atoms with Gasteiger partial charge in [0.15, 0.2) is 6.10 Å². The second kappa shape index (κ2) is 7.87. The number of hydroxylamine groups is 1. The number of anilines is 1. The first-order valence-electron chi connectivity index (χ1n) is 10.1. The first-order valence-corrected chi connectivity index (χ1v) is 10.1. The van der Waals surface area contributed by atoms with Gasteiger partial charge < -0.3 is 4.74 Å². The first kappa shape index (κ1) is 19.5. The quantitative estimate of drug-likeness (QED) is 0.700. The summed E-state index contributed by atoms with van der Waals surface area (Å²) in [7, 11) is 1.62. The Morgan fingerprint density at radius 2 is 1.76 bits per heavy atom. The van der Waals surface area contributed by atoms with E-state index in [9.17, 15) is 9.59 Å². The largest absolute Gasteiger partial charge is 0.497 e. The minimum absolute atomic E-state index is 0.148. The number of carbonyl (C=O) groups excluding carboxylic acids is 2. The van der Waals surface area contributed by atoms with Crippen LogP contribution in [0.1, 0.15) is 36.9 Å². The molecule has 2 saturated heterocycles. The van der Waals surface area contributed by atoms with E-state index in [1.807, 2.05) is 62.4 Å². The summed E-state index contributed by atoms with van der Waals surface area (Å²) in [5.74, 6) is -0.203. The molecule has 2 aromatic carbocycles. The number of hydrogen-bond acceptors (Lipinski definition) is 5. The van der Waals surface area contributed by atoms with Gasteiger partial charge in [0.2, 0.25) is 5.91 Å². The molecular weight excluding hydrogens is 368 g/mol. The van der Waals surface area contributed by atoms with Crippen LogP contribution >= 0.6 is 0 Å². The molecule has 0 aliphatic carbocycles. The van der Waals surface area contributed by atoms with Gasteiger partial charge in [0.25, 0.3) is 5.91 Å². The van der Waals surface area contributed by atoms with Crippen LogP contribution in [0.4, 0.5) is 5.69 Å². The second-order valence-corrected chi connectivity index (χ2v) is 7.56. The molecule has 0 bridgehead atoms. The van der Waals surface area contributed by atoms with Gasteiger partial charge in [-0.1, -0.05) is 43.7 Å². The van der Waals surface area contributed by atoms with Crippen molar-refractivity contribution in [1.29, 1.82) is 0 Å². The fourth-order valence-electron chi connectivity index (χ4n) is 4.17. The minimum Gasteiger partial charge on any atom is -0.497 e. The number of likely N-dealkylation sites (tertiary alicyclic amines) is 1. The number of rotatable bonds is 6. The van der Waals surface area contributed by atoms with E-state index in [4.69, 9.17) is 9.57 Å². The Bertz CT molecular complexity index is 911. The van der Waals surface area contributed by atoms with Crippen molar-refractivity contribution in [2.75, 3.05) is 18.7 Å². The van der Waals surface area contributed by atoms with Crippen molar-refractivity contribution < 1.29 is 19.2 Å². The van der Waals surface area contributed by atoms with Gasteiger partial charge in [0.1, 0.15) is 11.7 Å². The number of nitrogens with zero attached hydrogens (tertiary/aromatic N) is 2. The summed E-state index contributed by atoms with van der Waals surface area (Å²) in [6.45, 7) is 4.49. The molecule has 6 heteroatoms. The van der Waals surface area contributed by atoms with E-state index in [1.54, 1.807) is 12.2 Å². The van der Waals surface area contributed by atoms with Gasteiger partial charge in [-0.15, -0.1) is 0 Å². The molecule has 29 heavy (non-hydrogen) atoms. The van der Waals surface area contributed by atoms with Crippen molar-refractivity contribution in [3.63, 3.8) is 0 Å². The van der Waals surface area contributed by atoms with Crippen molar-refractivity contribution in [2.24, 2.45) is 5.92 Å². The van der Waals surface area contributed by atoms with Crippen molar-refractivity contribution in [3.8, 4) is 5.75 Å². The van der Waals surface area contributed by atoms with Gasteiger partial charge in [-0.25, -0.2) is 5.06 Å². The van der Waals surface area contributed by atoms with Crippen LogP contribution in [0.5, 0.6) is 5.75 Å². The smallest absolute Gasteiger partial charge is 0.261 e. The third-order valence-electron chi connectivity index (χ3n) is 5.75. The van der Waals surface area contributed by atoms with Gasteiger partial charge in [-0.2, -0.15) is 0 Å². The zero-order valence-corrected chi connectivity index (χ0v) is 17.0. The Balaban J connectivity index is 1.75. The number of methoxy groups -OCH3 is 1. The Hall–Kier alpha value is -2.86. The lowest BCUT2D eigenvalue weighted by molar-refractivity contribution is -0.143. The highest BCUT2D eigenvalue weighted by Crippen LogP contribution is 2.47. The van der Waals surface area contributed by atoms with E-state index >= 15 is 0 Å². The number of aryl methyl sites for hydroxylation is 1. The molecule has 2 aliphatic heterocycles. The van der Waals surface area contributed by atoms with Crippen LogP contribution < -0.4 is 9.80 Å². The maximum absolute atomic E-state index is 13.2. The van der Waals surface area contributed by atoms with Crippen molar-refractivity contribution in [2.45, 2.75) is 38.8 Å². The molecule has 0 unspecified atom stereocenters. The third kappa shape index (κ3) is 3.27. The summed E-state index contributed by atoms with van der Waals surface area (Å²) >= 11 is 0. The summed E-state index contributed by atoms with van der Waals surface area (Å²) in [6.07, 6.45) is 0.932. The van der Waals surface area contributed by atoms with Crippen LogP contribution in [0.3, 0.4) is 0 Å². The van der Waals surface area contributed by atoms with E-state index in [0.717, 1.165) is 35.4 Å². The summed E-state index contributed by atoms with van der Waals surface area (Å²) in [4.78, 5) is 33.8. The molecule has 2 heterocycles. The Labute approximate surface area is 171 Å². The molecule has 4 rings (SSSR count). The van der Waals surface area contributed by atoms with Crippen LogP contribution in [-0.4, -0.2) is 36.5 Å². The molecule has 0 radical (unpaired) electrons. The first-order chi connectivity index (χ1) is 14.1. The zero-order valence-electron chi connectivity index (χ0n) is 17.0. The van der Waals surface area contributed by atoms with Crippen LogP contribution in [0.25, 0.3) is 0 Å². The molecule has 2 fully saturated rings. The molecule has 0 aromatic heterocycles. The Kier molecular flexibility index (Phi) is 5.28. The average Bonchev–Trinajstić information content (AvgIpc) is 3.23. The maximum Gasteiger partial charge on any atom is 0.261 e. The molecule has 2 aromatic rings. The van der Waals surface area contributed by atoms with Gasteiger partial charge in [0, 0.05) is 6.54 Å². The van der Waals surface area contributed by atoms with Gasteiger partial charge in [-0.05, 0) is 42.7 Å². The predicted octanol–water partition coefficient (Wildman–Crippen LogP) is 3.65. The number of carbonyl (C=O) groups is 2. The monoisotopic (exact) mass is 394 g/mol. The lowest BCUT2D eigenvalue weighted by Crippen LogP contribution is -2.38. The molecule has 3 atom stereocenters. The van der Waals surface area contributed by atoms with Crippen molar-refractivity contribution in [1.82, 2.24) is 4.90 Å². The summed E-state index contributed by atoms with van der Waals surface area (Å²) in [5, 5.41) is 1.75. The van der Waals surface area contributed by atoms with E-state index < -0.39 is 12.0 Å². The summed E-state index contributed by atoms with van der Waals surface area (Å²) < 4.78 is 5.27. The van der Waals surface area contributed by atoms with Crippen molar-refractivity contribution in [3.05, 3.63) is 59.7 Å². The van der Waals surface area contributed by atoms with Crippen LogP contribution in [0.2, 0.25) is 0 Å². The SMILES string of the molecule is CCCCN1C(=O)[C@H]2[C@@H](c3ccc(OC)cc3)N(c3ccccc3C)O[C@H]2C1=O. The third-order valence-corrected chi connectivity index (χ3v) is 5.75. The standard InChI is InChI=1S/C23H26N2O4/c1-4-5-14-24-22(26)19-20(16-10-12-17(28-3)13-11-16)25(29-21(19)23(24)27)18-9-7-6-8-15(18)2/h6-13,19-21H,4-5,14H2,1-3H3/t19-,20+,21+/m0/s1. The number of unbranched alkanes of at least 4 members (excludes halogenated alkanes) is 1. The highest BCUT2D eigenvalue weighted by molar-refractivity contribution is 6.07. The minimum atomic E-state index is -0.786. The number of para-hydroxylation sites is 1. The van der Waals surface area contributed by atoms with Crippen molar-refractivity contribution >= 4 is 17.5 Å². The molecule has 0 spiro atoms. The van der Waals surface area contributed by atoms with Gasteiger partial charge in [0.05, 0.1) is 18.8 Å². The fraction of sp³-hybridized carbons (Fsp3) is 0.391. The van der Waals surface area contributed by atoms with E-state index in [-0.39, 0.29) is 17.9 Å². The number of hydrogen-bond donors (Lipinski definition) is 0. The molecule has 0 saturated carbocycles. The molecular formula is C23H26N2O4. The summed E-state index contributed by atoms with van der Waals surface area (Å²) in [6, 6.07) is 15.1. The molecule has 0 N–H and O–H groups in total. The zero-order chi connectivity index (χ0) is 20.5. The number of amides is 2. The van der Waals surface area contributed by atoms with Crippen LogP contribution in [-0.2, 0) is 14.4 Å². The maximum atomic E-state index is 13.2. The molecule has 6 nitrogen and oxygen atoms in total. The Morgan fingerprint density at radius 3 is 2.41 bits per heavy atom. The molecule has 2 aliphatic rings.